The molecule has 2 fully saturated rings. The van der Waals surface area contributed by atoms with Crippen LogP contribution < -0.4 is 5.32 Å². The molecular weight excluding hydrogens is 365 g/mol. The molecule has 4 unspecified atom stereocenters. The Kier molecular flexibility index (Phi) is 6.05. The number of hydrogen-bond donors (Lipinski definition) is 3. The zero-order valence-corrected chi connectivity index (χ0v) is 14.7. The van der Waals surface area contributed by atoms with Gasteiger partial charge in [-0.2, -0.15) is 13.2 Å². The Bertz CT molecular complexity index is 647. The van der Waals surface area contributed by atoms with E-state index in [2.05, 4.69) is 10.2 Å². The highest BCUT2D eigenvalue weighted by Gasteiger charge is 2.46. The third-order valence-electron chi connectivity index (χ3n) is 5.14. The van der Waals surface area contributed by atoms with Crippen LogP contribution in [0.2, 0.25) is 0 Å². The van der Waals surface area contributed by atoms with Crippen molar-refractivity contribution in [3.8, 4) is 0 Å². The highest BCUT2D eigenvalue weighted by atomic mass is 19.4. The van der Waals surface area contributed by atoms with Gasteiger partial charge in [0.15, 0.2) is 0 Å². The fourth-order valence-electron chi connectivity index (χ4n) is 3.74. The Hall–Kier alpha value is -1.68. The number of carbonyl (C=O) groups is 1. The topological polar surface area (TPSA) is 82.0 Å². The molecule has 0 aromatic heterocycles. The zero-order chi connectivity index (χ0) is 19.6. The van der Waals surface area contributed by atoms with Gasteiger partial charge in [-0.05, 0) is 50.2 Å². The maximum Gasteiger partial charge on any atom is 0.416 e. The van der Waals surface area contributed by atoms with Crippen LogP contribution in [0.4, 0.5) is 13.2 Å². The monoisotopic (exact) mass is 388 g/mol. The first-order valence-corrected chi connectivity index (χ1v) is 8.95. The maximum atomic E-state index is 12.6. The number of rotatable bonds is 5. The van der Waals surface area contributed by atoms with E-state index in [1.54, 1.807) is 0 Å². The first kappa shape index (κ1) is 20.1. The van der Waals surface area contributed by atoms with Crippen LogP contribution in [0.1, 0.15) is 28.8 Å². The second-order valence-corrected chi connectivity index (χ2v) is 6.90. The molecule has 1 amide bonds. The summed E-state index contributed by atoms with van der Waals surface area (Å²) in [5.74, 6) is -0.519. The van der Waals surface area contributed by atoms with Crippen molar-refractivity contribution in [2.75, 3.05) is 26.2 Å². The summed E-state index contributed by atoms with van der Waals surface area (Å²) in [5.41, 5.74) is -0.709. The fraction of sp³-hybridized carbons (Fsp3) is 0.611. The standard InChI is InChI=1S/C18H23F3N2O4/c19-18(20,21)12-5-3-11(4-6-12)17(26)22-9-13-15(23-7-1-2-8-23)16(25)14(10-24)27-13/h3-6,13-16,24-25H,1-2,7-10H2,(H,22,26). The highest BCUT2D eigenvalue weighted by Crippen LogP contribution is 2.30. The molecule has 0 saturated carbocycles. The molecule has 1 aromatic rings. The number of nitrogens with zero attached hydrogens (tertiary/aromatic N) is 1. The summed E-state index contributed by atoms with van der Waals surface area (Å²) in [7, 11) is 0. The predicted molar refractivity (Wildman–Crippen MR) is 90.1 cm³/mol. The Morgan fingerprint density at radius 1 is 1.19 bits per heavy atom. The summed E-state index contributed by atoms with van der Waals surface area (Å²) < 4.78 is 43.5. The minimum atomic E-state index is -4.45. The van der Waals surface area contributed by atoms with Gasteiger partial charge in [-0.15, -0.1) is 0 Å². The van der Waals surface area contributed by atoms with E-state index >= 15 is 0 Å². The Balaban J connectivity index is 1.62. The molecule has 2 aliphatic rings. The predicted octanol–water partition coefficient (Wildman–Crippen LogP) is 1.02. The molecule has 2 aliphatic heterocycles. The summed E-state index contributed by atoms with van der Waals surface area (Å²) in [5, 5.41) is 22.5. The lowest BCUT2D eigenvalue weighted by Crippen LogP contribution is -2.50. The van der Waals surface area contributed by atoms with Crippen molar-refractivity contribution in [3.05, 3.63) is 35.4 Å². The van der Waals surface area contributed by atoms with Gasteiger partial charge < -0.3 is 20.3 Å². The zero-order valence-electron chi connectivity index (χ0n) is 14.7. The molecule has 0 spiro atoms. The van der Waals surface area contributed by atoms with Gasteiger partial charge in [0.2, 0.25) is 0 Å². The van der Waals surface area contributed by atoms with Crippen molar-refractivity contribution in [3.63, 3.8) is 0 Å². The van der Waals surface area contributed by atoms with E-state index in [1.807, 2.05) is 0 Å². The van der Waals surface area contributed by atoms with Gasteiger partial charge in [-0.1, -0.05) is 0 Å². The molecule has 2 saturated heterocycles. The second-order valence-electron chi connectivity index (χ2n) is 6.90. The number of amides is 1. The first-order valence-electron chi connectivity index (χ1n) is 8.95. The Morgan fingerprint density at radius 3 is 2.37 bits per heavy atom. The number of aliphatic hydroxyl groups is 2. The molecule has 0 aliphatic carbocycles. The lowest BCUT2D eigenvalue weighted by Gasteiger charge is -2.30. The lowest BCUT2D eigenvalue weighted by molar-refractivity contribution is -0.137. The van der Waals surface area contributed by atoms with Gasteiger partial charge >= 0.3 is 6.18 Å². The number of ether oxygens (including phenoxy) is 1. The number of hydrogen-bond acceptors (Lipinski definition) is 5. The molecule has 27 heavy (non-hydrogen) atoms. The SMILES string of the molecule is O=C(NCC1OC(CO)C(O)C1N1CCCC1)c1ccc(C(F)(F)F)cc1. The number of carbonyl (C=O) groups excluding carboxylic acids is 1. The third-order valence-corrected chi connectivity index (χ3v) is 5.14. The summed E-state index contributed by atoms with van der Waals surface area (Å²) in [6.07, 6.45) is -4.52. The van der Waals surface area contributed by atoms with Crippen LogP contribution in [0.15, 0.2) is 24.3 Å². The minimum Gasteiger partial charge on any atom is -0.394 e. The number of halogens is 3. The van der Waals surface area contributed by atoms with E-state index in [9.17, 15) is 28.2 Å². The molecular formula is C18H23F3N2O4. The van der Waals surface area contributed by atoms with Gasteiger partial charge in [0.25, 0.3) is 5.91 Å². The van der Waals surface area contributed by atoms with Crippen LogP contribution >= 0.6 is 0 Å². The van der Waals surface area contributed by atoms with E-state index < -0.39 is 36.0 Å². The number of benzene rings is 1. The van der Waals surface area contributed by atoms with Crippen LogP contribution in [-0.4, -0.2) is 71.6 Å². The second kappa shape index (κ2) is 8.14. The van der Waals surface area contributed by atoms with Crippen LogP contribution in [-0.2, 0) is 10.9 Å². The van der Waals surface area contributed by atoms with Crippen molar-refractivity contribution in [1.82, 2.24) is 10.2 Å². The Labute approximate surface area is 154 Å². The van der Waals surface area contributed by atoms with Crippen LogP contribution in [0, 0.1) is 0 Å². The molecule has 3 N–H and O–H groups in total. The molecule has 9 heteroatoms. The van der Waals surface area contributed by atoms with Crippen molar-refractivity contribution in [2.45, 2.75) is 43.4 Å². The van der Waals surface area contributed by atoms with Gasteiger partial charge in [0, 0.05) is 12.1 Å². The summed E-state index contributed by atoms with van der Waals surface area (Å²) >= 11 is 0. The van der Waals surface area contributed by atoms with Crippen molar-refractivity contribution in [2.24, 2.45) is 0 Å². The third kappa shape index (κ3) is 4.43. The fourth-order valence-corrected chi connectivity index (χ4v) is 3.74. The first-order chi connectivity index (χ1) is 12.8. The molecule has 0 radical (unpaired) electrons. The largest absolute Gasteiger partial charge is 0.416 e. The van der Waals surface area contributed by atoms with E-state index in [4.69, 9.17) is 4.74 Å². The number of nitrogens with one attached hydrogen (secondary N) is 1. The minimum absolute atomic E-state index is 0.0918. The Morgan fingerprint density at radius 2 is 1.81 bits per heavy atom. The van der Waals surface area contributed by atoms with E-state index in [0.29, 0.717) is 0 Å². The normalized spacial score (nSPS) is 29.2. The van der Waals surface area contributed by atoms with Crippen LogP contribution in [0.3, 0.4) is 0 Å². The summed E-state index contributed by atoms with van der Waals surface area (Å²) in [4.78, 5) is 14.3. The van der Waals surface area contributed by atoms with Crippen molar-refractivity contribution in [1.29, 1.82) is 0 Å². The maximum absolute atomic E-state index is 12.6. The van der Waals surface area contributed by atoms with E-state index in [-0.39, 0.29) is 24.8 Å². The number of aliphatic hydroxyl groups excluding tert-OH is 2. The molecule has 0 bridgehead atoms. The molecule has 3 rings (SSSR count). The van der Waals surface area contributed by atoms with Crippen LogP contribution in [0.25, 0.3) is 0 Å². The van der Waals surface area contributed by atoms with Gasteiger partial charge in [-0.25, -0.2) is 0 Å². The molecule has 150 valence electrons. The molecule has 2 heterocycles. The van der Waals surface area contributed by atoms with Crippen LogP contribution in [0.5, 0.6) is 0 Å². The van der Waals surface area contributed by atoms with E-state index in [0.717, 1.165) is 50.2 Å². The number of alkyl halides is 3. The van der Waals surface area contributed by atoms with Gasteiger partial charge in [-0.3, -0.25) is 9.69 Å². The van der Waals surface area contributed by atoms with Gasteiger partial charge in [0.05, 0.1) is 24.3 Å². The van der Waals surface area contributed by atoms with Crippen molar-refractivity contribution < 1.29 is 32.9 Å². The summed E-state index contributed by atoms with van der Waals surface area (Å²) in [6, 6.07) is 3.63. The van der Waals surface area contributed by atoms with Crippen molar-refractivity contribution >= 4 is 5.91 Å². The lowest BCUT2D eigenvalue weighted by atomic mass is 10.0. The average Bonchev–Trinajstić information content (AvgIpc) is 3.26. The van der Waals surface area contributed by atoms with Gasteiger partial charge in [0.1, 0.15) is 12.2 Å². The van der Waals surface area contributed by atoms with E-state index in [1.165, 1.54) is 0 Å². The smallest absolute Gasteiger partial charge is 0.394 e. The number of likely N-dealkylation sites (tertiary alicyclic amines) is 1. The highest BCUT2D eigenvalue weighted by molar-refractivity contribution is 5.94. The quantitative estimate of drug-likeness (QED) is 0.702. The molecule has 4 atom stereocenters. The molecule has 1 aromatic carbocycles. The average molecular weight is 388 g/mol. The summed E-state index contributed by atoms with van der Waals surface area (Å²) in [6.45, 7) is 1.39. The molecule has 6 nitrogen and oxygen atoms in total.